The molecule has 1 aromatic carbocycles. The number of hydrogen-bond donors (Lipinski definition) is 3. The highest BCUT2D eigenvalue weighted by Gasteiger charge is 2.36. The zero-order valence-corrected chi connectivity index (χ0v) is 18.9. The number of amides is 1. The van der Waals surface area contributed by atoms with Gasteiger partial charge in [-0.2, -0.15) is 0 Å². The number of benzene rings is 1. The number of para-hydroxylation sites is 1. The van der Waals surface area contributed by atoms with Crippen LogP contribution >= 0.6 is 0 Å². The summed E-state index contributed by atoms with van der Waals surface area (Å²) in [7, 11) is 0. The molecule has 2 rings (SSSR count). The average Bonchev–Trinajstić information content (AvgIpc) is 2.71. The van der Waals surface area contributed by atoms with Crippen molar-refractivity contribution in [2.24, 2.45) is 11.1 Å². The summed E-state index contributed by atoms with van der Waals surface area (Å²) < 4.78 is 5.99. The number of nitrogens with one attached hydrogen (secondary N) is 1. The predicted molar refractivity (Wildman–Crippen MR) is 118 cm³/mol. The van der Waals surface area contributed by atoms with Gasteiger partial charge in [0.1, 0.15) is 11.8 Å². The minimum atomic E-state index is -0.941. The van der Waals surface area contributed by atoms with Gasteiger partial charge in [0.15, 0.2) is 0 Å². The van der Waals surface area contributed by atoms with E-state index in [4.69, 9.17) is 15.6 Å². The maximum atomic E-state index is 13.1. The Morgan fingerprint density at radius 2 is 1.67 bits per heavy atom. The quantitative estimate of drug-likeness (QED) is 0.420. The zero-order chi connectivity index (χ0) is 22.3. The third-order valence-corrected chi connectivity index (χ3v) is 6.14. The highest BCUT2D eigenvalue weighted by molar-refractivity contribution is 5.81. The number of carbonyl (C=O) groups excluding carboxylic acids is 2. The molecule has 1 fully saturated rings. The summed E-state index contributed by atoms with van der Waals surface area (Å²) in [5.74, 6) is 0.532. The third-order valence-electron chi connectivity index (χ3n) is 6.14. The molecule has 0 spiro atoms. The fraction of sp³-hybridized carbons (Fsp3) is 0.667. The van der Waals surface area contributed by atoms with Crippen molar-refractivity contribution in [3.63, 3.8) is 0 Å². The van der Waals surface area contributed by atoms with Gasteiger partial charge < -0.3 is 20.9 Å². The van der Waals surface area contributed by atoms with Gasteiger partial charge in [-0.1, -0.05) is 65.2 Å². The first kappa shape index (κ1) is 24.4. The van der Waals surface area contributed by atoms with Crippen LogP contribution in [-0.4, -0.2) is 36.2 Å². The molecule has 0 aromatic heterocycles. The summed E-state index contributed by atoms with van der Waals surface area (Å²) in [5.41, 5.74) is 7.36. The van der Waals surface area contributed by atoms with Crippen molar-refractivity contribution in [1.82, 2.24) is 5.32 Å². The molecule has 168 valence electrons. The van der Waals surface area contributed by atoms with Crippen molar-refractivity contribution in [3.8, 4) is 5.75 Å². The van der Waals surface area contributed by atoms with Crippen molar-refractivity contribution < 1.29 is 19.4 Å². The van der Waals surface area contributed by atoms with Crippen LogP contribution in [0.1, 0.15) is 89.2 Å². The number of nitrogens with two attached hydrogens (primary N) is 1. The van der Waals surface area contributed by atoms with Gasteiger partial charge >= 0.3 is 5.97 Å². The first-order valence-electron chi connectivity index (χ1n) is 11.2. The molecule has 1 aromatic rings. The Hall–Kier alpha value is -1.92. The van der Waals surface area contributed by atoms with Crippen molar-refractivity contribution >= 4 is 11.9 Å². The summed E-state index contributed by atoms with van der Waals surface area (Å²) in [5, 5.41) is 11.9. The summed E-state index contributed by atoms with van der Waals surface area (Å²) in [6.45, 7) is 8.36. The van der Waals surface area contributed by atoms with Crippen LogP contribution in [0.3, 0.4) is 0 Å². The fourth-order valence-corrected chi connectivity index (χ4v) is 4.26. The van der Waals surface area contributed by atoms with E-state index in [0.717, 1.165) is 43.2 Å². The van der Waals surface area contributed by atoms with Gasteiger partial charge in [0.2, 0.25) is 5.91 Å². The third kappa shape index (κ3) is 6.29. The molecule has 1 aliphatic rings. The van der Waals surface area contributed by atoms with Gasteiger partial charge in [-0.15, -0.1) is 0 Å². The van der Waals surface area contributed by atoms with E-state index >= 15 is 0 Å². The molecule has 0 unspecified atom stereocenters. The number of ether oxygens (including phenoxy) is 1. The van der Waals surface area contributed by atoms with Gasteiger partial charge in [-0.3, -0.25) is 9.59 Å². The topological polar surface area (TPSA) is 102 Å². The second-order valence-electron chi connectivity index (χ2n) is 9.29. The lowest BCUT2D eigenvalue weighted by molar-refractivity contribution is -0.138. The Balaban J connectivity index is 2.18. The van der Waals surface area contributed by atoms with Crippen molar-refractivity contribution in [3.05, 3.63) is 29.3 Å². The lowest BCUT2D eigenvalue weighted by Crippen LogP contribution is -2.48. The van der Waals surface area contributed by atoms with E-state index in [1.165, 1.54) is 0 Å². The minimum absolute atomic E-state index is 0.245. The summed E-state index contributed by atoms with van der Waals surface area (Å²) in [6.07, 6.45) is 5.16. The van der Waals surface area contributed by atoms with E-state index in [1.54, 1.807) is 0 Å². The molecule has 6 nitrogen and oxygen atoms in total. The van der Waals surface area contributed by atoms with Gasteiger partial charge in [0.05, 0.1) is 13.0 Å². The average molecular weight is 419 g/mol. The zero-order valence-electron chi connectivity index (χ0n) is 18.9. The monoisotopic (exact) mass is 418 g/mol. The fourth-order valence-electron chi connectivity index (χ4n) is 4.26. The molecular formula is C24H38N2O4. The maximum absolute atomic E-state index is 13.1. The molecule has 0 heterocycles. The van der Waals surface area contributed by atoms with Crippen LogP contribution < -0.4 is 15.8 Å². The first-order chi connectivity index (χ1) is 14.2. The Kier molecular flexibility index (Phi) is 8.86. The second kappa shape index (κ2) is 10.9. The van der Waals surface area contributed by atoms with Crippen molar-refractivity contribution in [1.29, 1.82) is 0 Å². The Bertz CT molecular complexity index is 698. The molecule has 4 N–H and O–H groups in total. The molecule has 1 amide bonds. The molecule has 0 bridgehead atoms. The van der Waals surface area contributed by atoms with Gasteiger partial charge in [-0.05, 0) is 41.2 Å². The normalized spacial score (nSPS) is 17.1. The Labute approximate surface area is 180 Å². The van der Waals surface area contributed by atoms with Crippen LogP contribution in [0.2, 0.25) is 0 Å². The van der Waals surface area contributed by atoms with E-state index in [1.807, 2.05) is 18.2 Å². The minimum Gasteiger partial charge on any atom is -0.426 e. The SMILES string of the molecule is CC(C)c1cccc(C(C)C)c1OC(=O)CC1(CNC(=O)[C@@H](N)CO)CCCCC1. The van der Waals surface area contributed by atoms with Crippen molar-refractivity contribution in [2.45, 2.75) is 84.1 Å². The molecule has 0 saturated heterocycles. The van der Waals surface area contributed by atoms with Crippen molar-refractivity contribution in [2.75, 3.05) is 13.2 Å². The molecule has 30 heavy (non-hydrogen) atoms. The molecule has 0 aliphatic heterocycles. The number of rotatable bonds is 9. The number of carbonyl (C=O) groups is 2. The second-order valence-corrected chi connectivity index (χ2v) is 9.29. The number of esters is 1. The summed E-state index contributed by atoms with van der Waals surface area (Å²) >= 11 is 0. The largest absolute Gasteiger partial charge is 0.426 e. The molecule has 0 radical (unpaired) electrons. The standard InChI is InChI=1S/C24H38N2O4/c1-16(2)18-9-8-10-19(17(3)4)22(18)30-21(28)13-24(11-6-5-7-12-24)15-26-23(29)20(25)14-27/h8-10,16-17,20,27H,5-7,11-15,25H2,1-4H3,(H,26,29)/t20-/m0/s1. The smallest absolute Gasteiger partial charge is 0.311 e. The highest BCUT2D eigenvalue weighted by atomic mass is 16.5. The highest BCUT2D eigenvalue weighted by Crippen LogP contribution is 2.40. The van der Waals surface area contributed by atoms with E-state index in [0.29, 0.717) is 12.3 Å². The number of hydrogen-bond acceptors (Lipinski definition) is 5. The van der Waals surface area contributed by atoms with Gasteiger partial charge in [0.25, 0.3) is 0 Å². The van der Waals surface area contributed by atoms with Crippen LogP contribution in [0, 0.1) is 5.41 Å². The van der Waals surface area contributed by atoms with E-state index < -0.39 is 12.6 Å². The Morgan fingerprint density at radius 1 is 1.10 bits per heavy atom. The molecule has 1 atom stereocenters. The van der Waals surface area contributed by atoms with E-state index in [9.17, 15) is 9.59 Å². The number of aliphatic hydroxyl groups excluding tert-OH is 1. The molecular weight excluding hydrogens is 380 g/mol. The van der Waals surface area contributed by atoms with Gasteiger partial charge in [-0.25, -0.2) is 0 Å². The predicted octanol–water partition coefficient (Wildman–Crippen LogP) is 3.62. The lowest BCUT2D eigenvalue weighted by atomic mass is 9.71. The Morgan fingerprint density at radius 3 is 2.17 bits per heavy atom. The van der Waals surface area contributed by atoms with Crippen LogP contribution in [0.4, 0.5) is 0 Å². The summed E-state index contributed by atoms with van der Waals surface area (Å²) in [4.78, 5) is 25.1. The number of aliphatic hydroxyl groups is 1. The molecule has 1 aliphatic carbocycles. The van der Waals surface area contributed by atoms with Crippen LogP contribution in [0.5, 0.6) is 5.75 Å². The van der Waals surface area contributed by atoms with Crippen LogP contribution in [-0.2, 0) is 9.59 Å². The van der Waals surface area contributed by atoms with E-state index in [-0.39, 0.29) is 35.5 Å². The lowest BCUT2D eigenvalue weighted by Gasteiger charge is -2.37. The summed E-state index contributed by atoms with van der Waals surface area (Å²) in [6, 6.07) is 5.12. The molecule has 6 heteroatoms. The molecule has 1 saturated carbocycles. The maximum Gasteiger partial charge on any atom is 0.311 e. The van der Waals surface area contributed by atoms with E-state index in [2.05, 4.69) is 33.0 Å². The van der Waals surface area contributed by atoms with Gasteiger partial charge in [0, 0.05) is 6.54 Å². The first-order valence-corrected chi connectivity index (χ1v) is 11.2. The van der Waals surface area contributed by atoms with Crippen LogP contribution in [0.15, 0.2) is 18.2 Å². The van der Waals surface area contributed by atoms with Crippen LogP contribution in [0.25, 0.3) is 0 Å².